The Morgan fingerprint density at radius 1 is 1.10 bits per heavy atom. The molecule has 0 saturated carbocycles. The van der Waals surface area contributed by atoms with Gasteiger partial charge in [-0.1, -0.05) is 6.42 Å². The Bertz CT molecular complexity index is 314. The van der Waals surface area contributed by atoms with Crippen LogP contribution in [0.2, 0.25) is 0 Å². The van der Waals surface area contributed by atoms with Crippen LogP contribution >= 0.6 is 0 Å². The predicted molar refractivity (Wildman–Crippen MR) is 78.8 cm³/mol. The summed E-state index contributed by atoms with van der Waals surface area (Å²) in [5.74, 6) is 0. The molecule has 4 heteroatoms. The van der Waals surface area contributed by atoms with E-state index in [9.17, 15) is 4.79 Å². The molecule has 0 radical (unpaired) electrons. The van der Waals surface area contributed by atoms with Crippen LogP contribution < -0.4 is 0 Å². The molecular formula is C16H28N2O2. The molecule has 0 aromatic rings. The number of aldehydes is 1. The normalized spacial score (nSPS) is 34.4. The molecule has 0 N–H and O–H groups in total. The molecule has 4 nitrogen and oxygen atoms in total. The number of nitrogens with zero attached hydrogens (tertiary/aromatic N) is 2. The summed E-state index contributed by atoms with van der Waals surface area (Å²) in [4.78, 5) is 16.6. The molecule has 0 aromatic carbocycles. The smallest absolute Gasteiger partial charge is 0.129 e. The topological polar surface area (TPSA) is 32.8 Å². The number of ether oxygens (including phenoxy) is 1. The van der Waals surface area contributed by atoms with Crippen LogP contribution in [-0.4, -0.2) is 68.1 Å². The molecular weight excluding hydrogens is 252 g/mol. The van der Waals surface area contributed by atoms with Gasteiger partial charge in [0.1, 0.15) is 6.29 Å². The molecule has 1 atom stereocenters. The van der Waals surface area contributed by atoms with Gasteiger partial charge in [-0.15, -0.1) is 0 Å². The van der Waals surface area contributed by atoms with Gasteiger partial charge in [0.25, 0.3) is 0 Å². The second kappa shape index (κ2) is 6.54. The second-order valence-corrected chi connectivity index (χ2v) is 6.89. The van der Waals surface area contributed by atoms with E-state index < -0.39 is 0 Å². The van der Waals surface area contributed by atoms with E-state index >= 15 is 0 Å². The summed E-state index contributed by atoms with van der Waals surface area (Å²) in [5, 5.41) is 0. The third kappa shape index (κ3) is 3.23. The summed E-state index contributed by atoms with van der Waals surface area (Å²) < 4.78 is 5.44. The molecule has 3 heterocycles. The summed E-state index contributed by atoms with van der Waals surface area (Å²) in [6.07, 6.45) is 8.78. The third-order valence-electron chi connectivity index (χ3n) is 5.39. The van der Waals surface area contributed by atoms with Crippen LogP contribution in [0.25, 0.3) is 0 Å². The van der Waals surface area contributed by atoms with Crippen molar-refractivity contribution in [3.05, 3.63) is 0 Å². The predicted octanol–water partition coefficient (Wildman–Crippen LogP) is 1.54. The fourth-order valence-corrected chi connectivity index (χ4v) is 4.05. The van der Waals surface area contributed by atoms with E-state index in [1.54, 1.807) is 0 Å². The van der Waals surface area contributed by atoms with E-state index in [0.29, 0.717) is 6.61 Å². The lowest BCUT2D eigenvalue weighted by Gasteiger charge is -2.41. The minimum atomic E-state index is -0.210. The quantitative estimate of drug-likeness (QED) is 0.731. The third-order valence-corrected chi connectivity index (χ3v) is 5.39. The largest absolute Gasteiger partial charge is 0.380 e. The summed E-state index contributed by atoms with van der Waals surface area (Å²) in [6, 6.07) is 0.790. The Labute approximate surface area is 122 Å². The summed E-state index contributed by atoms with van der Waals surface area (Å²) in [6.45, 7) is 7.19. The van der Waals surface area contributed by atoms with Crippen molar-refractivity contribution in [1.82, 2.24) is 9.80 Å². The van der Waals surface area contributed by atoms with Crippen LogP contribution in [0.3, 0.4) is 0 Å². The van der Waals surface area contributed by atoms with Crippen LogP contribution in [0.4, 0.5) is 0 Å². The lowest BCUT2D eigenvalue weighted by atomic mass is 9.87. The van der Waals surface area contributed by atoms with Crippen molar-refractivity contribution in [2.24, 2.45) is 5.41 Å². The fraction of sp³-hybridized carbons (Fsp3) is 0.938. The standard InChI is InChI=1S/C16H28N2O2/c19-13-16(6-11-20-14-16)12-17-9-4-15(5-10-17)18-7-2-1-3-8-18/h13,15H,1-12,14H2. The van der Waals surface area contributed by atoms with Crippen molar-refractivity contribution in [3.63, 3.8) is 0 Å². The Morgan fingerprint density at radius 3 is 2.45 bits per heavy atom. The maximum Gasteiger partial charge on any atom is 0.129 e. The van der Waals surface area contributed by atoms with Crippen LogP contribution in [0.15, 0.2) is 0 Å². The van der Waals surface area contributed by atoms with Gasteiger partial charge in [0.2, 0.25) is 0 Å². The molecule has 3 aliphatic heterocycles. The van der Waals surface area contributed by atoms with Crippen molar-refractivity contribution in [3.8, 4) is 0 Å². The Balaban J connectivity index is 1.47. The van der Waals surface area contributed by atoms with E-state index in [-0.39, 0.29) is 5.41 Å². The molecule has 3 saturated heterocycles. The maximum absolute atomic E-state index is 11.4. The zero-order valence-corrected chi connectivity index (χ0v) is 12.6. The molecule has 0 aromatic heterocycles. The number of rotatable bonds is 4. The molecule has 114 valence electrons. The zero-order chi connectivity index (χ0) is 13.8. The first-order chi connectivity index (χ1) is 9.81. The van der Waals surface area contributed by atoms with Gasteiger partial charge in [-0.25, -0.2) is 0 Å². The molecule has 0 spiro atoms. The second-order valence-electron chi connectivity index (χ2n) is 6.89. The molecule has 1 unspecified atom stereocenters. The Hall–Kier alpha value is -0.450. The molecule has 3 rings (SSSR count). The lowest BCUT2D eigenvalue weighted by molar-refractivity contribution is -0.117. The highest BCUT2D eigenvalue weighted by Gasteiger charge is 2.37. The number of carbonyl (C=O) groups is 1. The van der Waals surface area contributed by atoms with Gasteiger partial charge in [0.15, 0.2) is 0 Å². The number of carbonyl (C=O) groups excluding carboxylic acids is 1. The summed E-state index contributed by atoms with van der Waals surface area (Å²) >= 11 is 0. The fourth-order valence-electron chi connectivity index (χ4n) is 4.05. The van der Waals surface area contributed by atoms with Gasteiger partial charge in [0, 0.05) is 19.2 Å². The average molecular weight is 280 g/mol. The molecule has 0 bridgehead atoms. The van der Waals surface area contributed by atoms with Crippen LogP contribution in [0.1, 0.15) is 38.5 Å². The highest BCUT2D eigenvalue weighted by atomic mass is 16.5. The van der Waals surface area contributed by atoms with Crippen LogP contribution in [0, 0.1) is 5.41 Å². The van der Waals surface area contributed by atoms with Gasteiger partial charge in [-0.05, 0) is 58.3 Å². The first-order valence-electron chi connectivity index (χ1n) is 8.32. The van der Waals surface area contributed by atoms with Crippen molar-refractivity contribution < 1.29 is 9.53 Å². The van der Waals surface area contributed by atoms with Gasteiger partial charge >= 0.3 is 0 Å². The van der Waals surface area contributed by atoms with Gasteiger partial charge in [-0.2, -0.15) is 0 Å². The van der Waals surface area contributed by atoms with E-state index in [2.05, 4.69) is 9.80 Å². The van der Waals surface area contributed by atoms with Crippen LogP contribution in [0.5, 0.6) is 0 Å². The summed E-state index contributed by atoms with van der Waals surface area (Å²) in [7, 11) is 0. The molecule has 3 aliphatic rings. The highest BCUT2D eigenvalue weighted by Crippen LogP contribution is 2.29. The zero-order valence-electron chi connectivity index (χ0n) is 12.6. The molecule has 0 aliphatic carbocycles. The minimum absolute atomic E-state index is 0.210. The van der Waals surface area contributed by atoms with Gasteiger partial charge in [-0.3, -0.25) is 0 Å². The van der Waals surface area contributed by atoms with Crippen LogP contribution in [-0.2, 0) is 9.53 Å². The Kier molecular flexibility index (Phi) is 4.74. The number of likely N-dealkylation sites (tertiary alicyclic amines) is 2. The first kappa shape index (κ1) is 14.5. The maximum atomic E-state index is 11.4. The van der Waals surface area contributed by atoms with Crippen molar-refractivity contribution in [2.45, 2.75) is 44.6 Å². The molecule has 0 amide bonds. The van der Waals surface area contributed by atoms with E-state index in [1.165, 1.54) is 45.2 Å². The number of hydrogen-bond donors (Lipinski definition) is 0. The van der Waals surface area contributed by atoms with Gasteiger partial charge in [0.05, 0.1) is 12.0 Å². The Morgan fingerprint density at radius 2 is 1.85 bits per heavy atom. The first-order valence-corrected chi connectivity index (χ1v) is 8.32. The van der Waals surface area contributed by atoms with Crippen molar-refractivity contribution >= 4 is 6.29 Å². The minimum Gasteiger partial charge on any atom is -0.380 e. The summed E-state index contributed by atoms with van der Waals surface area (Å²) in [5.41, 5.74) is -0.210. The lowest BCUT2D eigenvalue weighted by Crippen LogP contribution is -2.49. The highest BCUT2D eigenvalue weighted by molar-refractivity contribution is 5.60. The van der Waals surface area contributed by atoms with Gasteiger partial charge < -0.3 is 19.3 Å². The monoisotopic (exact) mass is 280 g/mol. The van der Waals surface area contributed by atoms with E-state index in [0.717, 1.165) is 45.0 Å². The van der Waals surface area contributed by atoms with E-state index in [1.807, 2.05) is 0 Å². The molecule has 3 fully saturated rings. The number of piperidine rings is 2. The van der Waals surface area contributed by atoms with Crippen molar-refractivity contribution in [1.29, 1.82) is 0 Å². The van der Waals surface area contributed by atoms with Crippen molar-refractivity contribution in [2.75, 3.05) is 45.9 Å². The average Bonchev–Trinajstić information content (AvgIpc) is 2.98. The number of hydrogen-bond acceptors (Lipinski definition) is 4. The van der Waals surface area contributed by atoms with E-state index in [4.69, 9.17) is 4.74 Å². The SMILES string of the molecule is O=CC1(CN2CCC(N3CCCCC3)CC2)CCOC1. The molecule has 20 heavy (non-hydrogen) atoms.